The Bertz CT molecular complexity index is 1220. The third kappa shape index (κ3) is 4.04. The van der Waals surface area contributed by atoms with Gasteiger partial charge in [-0.2, -0.15) is 0 Å². The van der Waals surface area contributed by atoms with E-state index < -0.39 is 5.97 Å². The molecular formula is C26H25ClN2O3S. The van der Waals surface area contributed by atoms with Gasteiger partial charge in [0.15, 0.2) is 6.61 Å². The SMILES string of the molecule is O=C(COC(=O)c1cc(-c2ccc(Cl)s2)nc2ccccc12)NC12CC3CC(CC(C3)C1)C2. The first kappa shape index (κ1) is 21.1. The molecule has 0 unspecified atom stereocenters. The third-order valence-electron chi connectivity index (χ3n) is 7.54. The van der Waals surface area contributed by atoms with Crippen molar-refractivity contribution in [1.29, 1.82) is 0 Å². The average molecular weight is 481 g/mol. The molecule has 0 atom stereocenters. The molecule has 0 radical (unpaired) electrons. The monoisotopic (exact) mass is 480 g/mol. The van der Waals surface area contributed by atoms with Crippen LogP contribution in [-0.2, 0) is 9.53 Å². The molecule has 0 saturated heterocycles. The maximum absolute atomic E-state index is 13.1. The standard InChI is InChI=1S/C26H25ClN2O3S/c27-23-6-5-22(33-23)21-10-19(18-3-1-2-4-20(18)28-21)25(31)32-14-24(30)29-26-11-15-7-16(12-26)9-17(8-15)13-26/h1-6,10,15-17H,7-9,11-14H2,(H,29,30). The number of thiophene rings is 1. The molecule has 1 amide bonds. The fourth-order valence-corrected chi connectivity index (χ4v) is 7.73. The number of nitrogens with one attached hydrogen (secondary N) is 1. The Labute approximate surface area is 201 Å². The summed E-state index contributed by atoms with van der Waals surface area (Å²) < 4.78 is 6.16. The molecule has 0 aliphatic heterocycles. The summed E-state index contributed by atoms with van der Waals surface area (Å²) in [6.07, 6.45) is 7.16. The smallest absolute Gasteiger partial charge is 0.339 e. The summed E-state index contributed by atoms with van der Waals surface area (Å²) in [5.41, 5.74) is 1.68. The number of carbonyl (C=O) groups is 2. The Morgan fingerprint density at radius 1 is 1.06 bits per heavy atom. The largest absolute Gasteiger partial charge is 0.452 e. The molecule has 4 bridgehead atoms. The first-order chi connectivity index (χ1) is 16.0. The van der Waals surface area contributed by atoms with Crippen molar-refractivity contribution < 1.29 is 14.3 Å². The Hall–Kier alpha value is -2.44. The zero-order valence-corrected chi connectivity index (χ0v) is 19.8. The van der Waals surface area contributed by atoms with E-state index in [9.17, 15) is 9.59 Å². The topological polar surface area (TPSA) is 68.3 Å². The van der Waals surface area contributed by atoms with Crippen LogP contribution in [0.3, 0.4) is 0 Å². The summed E-state index contributed by atoms with van der Waals surface area (Å²) in [5, 5.41) is 3.97. The second kappa shape index (κ2) is 8.10. The molecule has 7 heteroatoms. The minimum absolute atomic E-state index is 0.0901. The van der Waals surface area contributed by atoms with Crippen LogP contribution in [0.15, 0.2) is 42.5 Å². The van der Waals surface area contributed by atoms with Gasteiger partial charge in [-0.1, -0.05) is 29.8 Å². The number of esters is 1. The van der Waals surface area contributed by atoms with Crippen LogP contribution in [0.5, 0.6) is 0 Å². The lowest BCUT2D eigenvalue weighted by Gasteiger charge is -2.56. The number of halogens is 1. The number of rotatable bonds is 5. The summed E-state index contributed by atoms with van der Waals surface area (Å²) in [7, 11) is 0. The van der Waals surface area contributed by atoms with Crippen molar-refractivity contribution in [3.05, 3.63) is 52.4 Å². The van der Waals surface area contributed by atoms with Crippen molar-refractivity contribution in [2.24, 2.45) is 17.8 Å². The van der Waals surface area contributed by atoms with E-state index in [0.29, 0.717) is 26.5 Å². The van der Waals surface area contributed by atoms with Crippen LogP contribution in [-0.4, -0.2) is 29.0 Å². The van der Waals surface area contributed by atoms with E-state index in [2.05, 4.69) is 10.3 Å². The number of carbonyl (C=O) groups excluding carboxylic acids is 2. The molecule has 4 saturated carbocycles. The summed E-state index contributed by atoms with van der Waals surface area (Å²) in [6, 6.07) is 12.9. The Morgan fingerprint density at radius 3 is 2.42 bits per heavy atom. The van der Waals surface area contributed by atoms with Crippen LogP contribution >= 0.6 is 22.9 Å². The van der Waals surface area contributed by atoms with Crippen LogP contribution in [0, 0.1) is 17.8 Å². The number of benzene rings is 1. The van der Waals surface area contributed by atoms with Crippen molar-refractivity contribution in [2.75, 3.05) is 6.61 Å². The number of amides is 1. The number of aromatic nitrogens is 1. The van der Waals surface area contributed by atoms with Crippen molar-refractivity contribution >= 4 is 45.7 Å². The fourth-order valence-electron chi connectivity index (χ4n) is 6.73. The second-order valence-corrected chi connectivity index (χ2v) is 11.7. The normalized spacial score (nSPS) is 27.6. The molecule has 4 aliphatic rings. The third-order valence-corrected chi connectivity index (χ3v) is 8.79. The van der Waals surface area contributed by atoms with Gasteiger partial charge in [-0.15, -0.1) is 11.3 Å². The molecule has 2 heterocycles. The molecular weight excluding hydrogens is 456 g/mol. The number of fused-ring (bicyclic) bond motifs is 1. The van der Waals surface area contributed by atoms with E-state index >= 15 is 0 Å². The molecule has 1 N–H and O–H groups in total. The minimum atomic E-state index is -0.516. The molecule has 4 aliphatic carbocycles. The zero-order chi connectivity index (χ0) is 22.6. The lowest BCUT2D eigenvalue weighted by Crippen LogP contribution is -2.60. The lowest BCUT2D eigenvalue weighted by atomic mass is 9.53. The van der Waals surface area contributed by atoms with Gasteiger partial charge in [-0.25, -0.2) is 9.78 Å². The highest BCUT2D eigenvalue weighted by Crippen LogP contribution is 2.55. The lowest BCUT2D eigenvalue weighted by molar-refractivity contribution is -0.130. The van der Waals surface area contributed by atoms with E-state index in [1.54, 1.807) is 6.07 Å². The van der Waals surface area contributed by atoms with Crippen molar-refractivity contribution in [1.82, 2.24) is 10.3 Å². The van der Waals surface area contributed by atoms with Crippen LogP contribution in [0.2, 0.25) is 4.34 Å². The number of ether oxygens (including phenoxy) is 1. The first-order valence-corrected chi connectivity index (χ1v) is 12.8. The van der Waals surface area contributed by atoms with Crippen LogP contribution in [0.4, 0.5) is 0 Å². The van der Waals surface area contributed by atoms with Crippen LogP contribution in [0.25, 0.3) is 21.5 Å². The van der Waals surface area contributed by atoms with E-state index in [1.807, 2.05) is 36.4 Å². The molecule has 2 aromatic heterocycles. The second-order valence-electron chi connectivity index (χ2n) is 10.00. The van der Waals surface area contributed by atoms with Gasteiger partial charge >= 0.3 is 5.97 Å². The molecule has 7 rings (SSSR count). The summed E-state index contributed by atoms with van der Waals surface area (Å²) in [4.78, 5) is 31.4. The predicted octanol–water partition coefficient (Wildman–Crippen LogP) is 5.86. The molecule has 4 fully saturated rings. The van der Waals surface area contributed by atoms with Crippen LogP contribution < -0.4 is 5.32 Å². The van der Waals surface area contributed by atoms with Gasteiger partial charge in [0.2, 0.25) is 0 Å². The quantitative estimate of drug-likeness (QED) is 0.464. The number of hydrogen-bond acceptors (Lipinski definition) is 5. The molecule has 5 nitrogen and oxygen atoms in total. The van der Waals surface area contributed by atoms with Gasteiger partial charge in [0, 0.05) is 10.9 Å². The minimum Gasteiger partial charge on any atom is -0.452 e. The number of pyridine rings is 1. The maximum atomic E-state index is 13.1. The van der Waals surface area contributed by atoms with E-state index in [0.717, 1.165) is 41.9 Å². The average Bonchev–Trinajstić information content (AvgIpc) is 3.22. The number of nitrogens with zero attached hydrogens (tertiary/aromatic N) is 1. The predicted molar refractivity (Wildman–Crippen MR) is 129 cm³/mol. The van der Waals surface area contributed by atoms with Gasteiger partial charge in [0.05, 0.1) is 26.0 Å². The van der Waals surface area contributed by atoms with E-state index in [1.165, 1.54) is 30.6 Å². The van der Waals surface area contributed by atoms with Gasteiger partial charge in [-0.3, -0.25) is 4.79 Å². The summed E-state index contributed by atoms with van der Waals surface area (Å²) >= 11 is 7.50. The number of hydrogen-bond donors (Lipinski definition) is 1. The molecule has 170 valence electrons. The Balaban J connectivity index is 1.19. The molecule has 1 aromatic carbocycles. The van der Waals surface area contributed by atoms with Crippen LogP contribution in [0.1, 0.15) is 48.9 Å². The Kier molecular flexibility index (Phi) is 5.18. The van der Waals surface area contributed by atoms with Gasteiger partial charge in [-0.05, 0) is 80.5 Å². The van der Waals surface area contributed by atoms with E-state index in [-0.39, 0.29) is 18.1 Å². The van der Waals surface area contributed by atoms with Crippen molar-refractivity contribution in [3.63, 3.8) is 0 Å². The van der Waals surface area contributed by atoms with Gasteiger partial charge in [0.1, 0.15) is 0 Å². The summed E-state index contributed by atoms with van der Waals surface area (Å²) in [6.45, 7) is -0.266. The maximum Gasteiger partial charge on any atom is 0.339 e. The highest BCUT2D eigenvalue weighted by Gasteiger charge is 2.51. The van der Waals surface area contributed by atoms with E-state index in [4.69, 9.17) is 16.3 Å². The summed E-state index contributed by atoms with van der Waals surface area (Å²) in [5.74, 6) is 1.51. The first-order valence-electron chi connectivity index (χ1n) is 11.6. The fraction of sp³-hybridized carbons (Fsp3) is 0.423. The van der Waals surface area contributed by atoms with Gasteiger partial charge in [0.25, 0.3) is 5.91 Å². The van der Waals surface area contributed by atoms with Crippen molar-refractivity contribution in [3.8, 4) is 10.6 Å². The molecule has 3 aromatic rings. The Morgan fingerprint density at radius 2 is 1.76 bits per heavy atom. The van der Waals surface area contributed by atoms with Crippen molar-refractivity contribution in [2.45, 2.75) is 44.1 Å². The highest BCUT2D eigenvalue weighted by molar-refractivity contribution is 7.19. The molecule has 0 spiro atoms. The molecule has 33 heavy (non-hydrogen) atoms. The highest BCUT2D eigenvalue weighted by atomic mass is 35.5. The number of para-hydroxylation sites is 1. The van der Waals surface area contributed by atoms with Gasteiger partial charge < -0.3 is 10.1 Å². The zero-order valence-electron chi connectivity index (χ0n) is 18.2.